The van der Waals surface area contributed by atoms with Crippen LogP contribution >= 0.6 is 37.2 Å². The van der Waals surface area contributed by atoms with E-state index in [0.29, 0.717) is 30.0 Å². The topological polar surface area (TPSA) is 96.9 Å². The molecule has 3 heterocycles. The van der Waals surface area contributed by atoms with Crippen LogP contribution in [0.4, 0.5) is 11.8 Å². The Morgan fingerprint density at radius 1 is 0.814 bits per heavy atom. The molecule has 4 aromatic rings. The lowest BCUT2D eigenvalue weighted by Crippen LogP contribution is -2.39. The van der Waals surface area contributed by atoms with E-state index in [-0.39, 0.29) is 37.2 Å². The van der Waals surface area contributed by atoms with E-state index in [1.165, 1.54) is 42.0 Å². The highest BCUT2D eigenvalue weighted by molar-refractivity contribution is 5.86. The predicted octanol–water partition coefficient (Wildman–Crippen LogP) is 7.32. The summed E-state index contributed by atoms with van der Waals surface area (Å²) in [5.41, 5.74) is 13.1. The first kappa shape index (κ1) is 33.5. The number of hydrogen-bond acceptors (Lipinski definition) is 7. The third kappa shape index (κ3) is 7.48. The minimum Gasteiger partial charge on any atom is -0.351 e. The number of fused-ring (bicyclic) bond motifs is 2. The summed E-state index contributed by atoms with van der Waals surface area (Å²) in [6.45, 7) is 1.99. The molecule has 43 heavy (non-hydrogen) atoms. The summed E-state index contributed by atoms with van der Waals surface area (Å²) in [7, 11) is 0. The maximum Gasteiger partial charge on any atom is 0.227 e. The van der Waals surface area contributed by atoms with Gasteiger partial charge in [0.05, 0.1) is 6.33 Å². The van der Waals surface area contributed by atoms with Crippen LogP contribution in [-0.2, 0) is 6.42 Å². The summed E-state index contributed by atoms with van der Waals surface area (Å²) < 4.78 is 2.30. The summed E-state index contributed by atoms with van der Waals surface area (Å²) in [4.78, 5) is 14.8. The van der Waals surface area contributed by atoms with Crippen molar-refractivity contribution in [1.82, 2.24) is 24.5 Å². The zero-order chi connectivity index (χ0) is 26.9. The Labute approximate surface area is 273 Å². The van der Waals surface area contributed by atoms with Gasteiger partial charge in [-0.15, -0.1) is 37.2 Å². The van der Waals surface area contributed by atoms with Crippen LogP contribution in [0.3, 0.4) is 0 Å². The fraction of sp³-hybridized carbons (Fsp3) is 0.531. The Hall–Kier alpha value is -2.36. The minimum absolute atomic E-state index is 0. The van der Waals surface area contributed by atoms with Crippen LogP contribution in [-0.4, -0.2) is 49.7 Å². The third-order valence-corrected chi connectivity index (χ3v) is 9.51. The van der Waals surface area contributed by atoms with E-state index in [4.69, 9.17) is 20.7 Å². The summed E-state index contributed by atoms with van der Waals surface area (Å²) in [6.07, 6.45) is 14.6. The second kappa shape index (κ2) is 15.1. The van der Waals surface area contributed by atoms with E-state index >= 15 is 0 Å². The Kier molecular flexibility index (Phi) is 11.8. The standard InChI is InChI=1S/C32H42N8.3ClH/c33-25-12-14-26(15-13-25)35-32-36-30(29-31(37-32)40(21-34-29)27-9-2-3-10-27)38-39-18-16-22(17-19-39)20-24-8-5-7-23-6-1-4-11-28(23)24;;;/h1,4-8,11,21-22,25-27H,2-3,9-10,12-20,33H2,(H2,35,36,37,38);3*1H. The molecular formula is C32H45Cl3N8. The molecule has 0 amide bonds. The highest BCUT2D eigenvalue weighted by Crippen LogP contribution is 2.34. The molecule has 7 rings (SSSR count). The lowest BCUT2D eigenvalue weighted by Gasteiger charge is -2.33. The van der Waals surface area contributed by atoms with Crippen LogP contribution < -0.4 is 16.5 Å². The van der Waals surface area contributed by atoms with E-state index < -0.39 is 0 Å². The Morgan fingerprint density at radius 2 is 1.53 bits per heavy atom. The van der Waals surface area contributed by atoms with Gasteiger partial charge in [0.1, 0.15) is 0 Å². The van der Waals surface area contributed by atoms with Gasteiger partial charge in [0, 0.05) is 31.2 Å². The second-order valence-electron chi connectivity index (χ2n) is 12.3. The molecule has 0 atom stereocenters. The molecule has 0 spiro atoms. The maximum absolute atomic E-state index is 6.16. The Morgan fingerprint density at radius 3 is 2.30 bits per heavy atom. The van der Waals surface area contributed by atoms with Crippen LogP contribution in [0.1, 0.15) is 75.8 Å². The molecule has 2 aromatic carbocycles. The number of halogens is 3. The molecule has 0 bridgehead atoms. The molecule has 1 aliphatic heterocycles. The van der Waals surface area contributed by atoms with Gasteiger partial charge in [-0.2, -0.15) is 9.97 Å². The molecule has 8 nitrogen and oxygen atoms in total. The molecular weight excluding hydrogens is 603 g/mol. The van der Waals surface area contributed by atoms with Crippen molar-refractivity contribution in [2.24, 2.45) is 11.7 Å². The van der Waals surface area contributed by atoms with Crippen molar-refractivity contribution in [2.75, 3.05) is 23.8 Å². The fourth-order valence-corrected chi connectivity index (χ4v) is 7.13. The van der Waals surface area contributed by atoms with Crippen LogP contribution in [0.25, 0.3) is 21.9 Å². The lowest BCUT2D eigenvalue weighted by atomic mass is 9.88. The molecule has 4 N–H and O–H groups in total. The average molecular weight is 648 g/mol. The normalized spacial score (nSPS) is 21.6. The smallest absolute Gasteiger partial charge is 0.227 e. The number of rotatable bonds is 7. The summed E-state index contributed by atoms with van der Waals surface area (Å²) in [5.74, 6) is 2.22. The van der Waals surface area contributed by atoms with Gasteiger partial charge in [-0.05, 0) is 80.0 Å². The molecule has 0 radical (unpaired) electrons. The molecule has 234 valence electrons. The van der Waals surface area contributed by atoms with Crippen molar-refractivity contribution < 1.29 is 0 Å². The molecule has 2 aliphatic carbocycles. The molecule has 3 fully saturated rings. The number of piperidine rings is 1. The molecule has 0 unspecified atom stereocenters. The summed E-state index contributed by atoms with van der Waals surface area (Å²) in [5, 5.41) is 8.72. The maximum atomic E-state index is 6.16. The average Bonchev–Trinajstić information content (AvgIpc) is 3.66. The van der Waals surface area contributed by atoms with E-state index in [0.717, 1.165) is 75.0 Å². The van der Waals surface area contributed by atoms with Crippen molar-refractivity contribution in [1.29, 1.82) is 0 Å². The largest absolute Gasteiger partial charge is 0.351 e. The summed E-state index contributed by atoms with van der Waals surface area (Å²) in [6, 6.07) is 16.7. The molecule has 11 heteroatoms. The number of imidazole rings is 1. The number of hydrogen-bond donors (Lipinski definition) is 3. The third-order valence-electron chi connectivity index (χ3n) is 9.51. The zero-order valence-electron chi connectivity index (χ0n) is 24.7. The van der Waals surface area contributed by atoms with Crippen LogP contribution in [0, 0.1) is 5.92 Å². The van der Waals surface area contributed by atoms with E-state index in [9.17, 15) is 0 Å². The number of nitrogens with one attached hydrogen (secondary N) is 2. The number of benzene rings is 2. The highest BCUT2D eigenvalue weighted by Gasteiger charge is 2.26. The van der Waals surface area contributed by atoms with Crippen LogP contribution in [0.2, 0.25) is 0 Å². The predicted molar refractivity (Wildman–Crippen MR) is 184 cm³/mol. The lowest BCUT2D eigenvalue weighted by molar-refractivity contribution is 0.216. The SMILES string of the molecule is Cl.Cl.Cl.NC1CCC(Nc2nc(NN3CCC(Cc4cccc5ccccc45)CC3)c3ncn(C4CCCC4)c3n2)CC1. The molecule has 2 saturated carbocycles. The minimum atomic E-state index is 0. The first-order valence-corrected chi connectivity index (χ1v) is 15.4. The quantitative estimate of drug-likeness (QED) is 0.193. The first-order chi connectivity index (χ1) is 19.7. The molecule has 3 aliphatic rings. The van der Waals surface area contributed by atoms with Gasteiger partial charge >= 0.3 is 0 Å². The van der Waals surface area contributed by atoms with Gasteiger partial charge in [0.2, 0.25) is 5.95 Å². The van der Waals surface area contributed by atoms with E-state index in [2.05, 4.69) is 62.8 Å². The van der Waals surface area contributed by atoms with Crippen LogP contribution in [0.5, 0.6) is 0 Å². The second-order valence-corrected chi connectivity index (χ2v) is 12.3. The fourth-order valence-electron chi connectivity index (χ4n) is 7.13. The van der Waals surface area contributed by atoms with Gasteiger partial charge in [0.25, 0.3) is 0 Å². The van der Waals surface area contributed by atoms with Gasteiger partial charge < -0.3 is 21.0 Å². The van der Waals surface area contributed by atoms with Crippen molar-refractivity contribution in [3.05, 3.63) is 54.4 Å². The number of nitrogens with zero attached hydrogens (tertiary/aromatic N) is 5. The zero-order valence-corrected chi connectivity index (χ0v) is 27.1. The van der Waals surface area contributed by atoms with Crippen molar-refractivity contribution in [2.45, 2.75) is 88.8 Å². The van der Waals surface area contributed by atoms with Gasteiger partial charge in [-0.1, -0.05) is 55.3 Å². The van der Waals surface area contributed by atoms with Gasteiger partial charge in [0.15, 0.2) is 17.0 Å². The molecule has 1 saturated heterocycles. The van der Waals surface area contributed by atoms with E-state index in [1.54, 1.807) is 0 Å². The Balaban J connectivity index is 0.00000141. The van der Waals surface area contributed by atoms with Crippen LogP contribution in [0.15, 0.2) is 48.8 Å². The molecule has 2 aromatic heterocycles. The van der Waals surface area contributed by atoms with E-state index in [1.807, 2.05) is 6.33 Å². The monoisotopic (exact) mass is 646 g/mol. The number of anilines is 2. The van der Waals surface area contributed by atoms with Gasteiger partial charge in [-0.3, -0.25) is 0 Å². The van der Waals surface area contributed by atoms with Crippen molar-refractivity contribution >= 4 is 70.9 Å². The van der Waals surface area contributed by atoms with Crippen molar-refractivity contribution in [3.63, 3.8) is 0 Å². The first-order valence-electron chi connectivity index (χ1n) is 15.4. The number of hydrazine groups is 1. The van der Waals surface area contributed by atoms with Crippen molar-refractivity contribution in [3.8, 4) is 0 Å². The number of aromatic nitrogens is 4. The number of nitrogens with two attached hydrogens (primary N) is 1. The summed E-state index contributed by atoms with van der Waals surface area (Å²) >= 11 is 0. The highest BCUT2D eigenvalue weighted by atomic mass is 35.5. The van der Waals surface area contributed by atoms with Gasteiger partial charge in [-0.25, -0.2) is 9.99 Å². The Bertz CT molecular complexity index is 1450.